The zero-order valence-corrected chi connectivity index (χ0v) is 18.1. The van der Waals surface area contributed by atoms with Crippen LogP contribution in [-0.2, 0) is 16.1 Å². The molecule has 0 aliphatic carbocycles. The monoisotopic (exact) mass is 443 g/mol. The molecule has 0 radical (unpaired) electrons. The van der Waals surface area contributed by atoms with E-state index in [1.54, 1.807) is 32.9 Å². The molecule has 0 aliphatic heterocycles. The second kappa shape index (κ2) is 9.66. The van der Waals surface area contributed by atoms with Crippen LogP contribution in [0.3, 0.4) is 0 Å². The van der Waals surface area contributed by atoms with Gasteiger partial charge in [0.1, 0.15) is 29.0 Å². The number of hydrogen-bond donors (Lipinski definition) is 1. The number of carbonyl (C=O) groups excluding carboxylic acids is 2. The lowest BCUT2D eigenvalue weighted by atomic mass is 10.1. The van der Waals surface area contributed by atoms with Crippen molar-refractivity contribution in [1.29, 1.82) is 0 Å². The number of carbonyl (C=O) groups is 2. The molecule has 31 heavy (non-hydrogen) atoms. The highest BCUT2D eigenvalue weighted by Gasteiger charge is 2.27. The summed E-state index contributed by atoms with van der Waals surface area (Å²) in [5, 5.41) is 3.18. The molecule has 1 amide bonds. The molecule has 3 aromatic rings. The van der Waals surface area contributed by atoms with Crippen molar-refractivity contribution >= 4 is 34.6 Å². The molecule has 0 saturated carbocycles. The second-order valence-corrected chi connectivity index (χ2v) is 7.71. The van der Waals surface area contributed by atoms with Gasteiger partial charge in [-0.25, -0.2) is 14.4 Å². The molecule has 0 spiro atoms. The van der Waals surface area contributed by atoms with E-state index in [0.29, 0.717) is 10.9 Å². The number of aryl methyl sites for hydroxylation is 1. The van der Waals surface area contributed by atoms with Gasteiger partial charge in [0.2, 0.25) is 0 Å². The summed E-state index contributed by atoms with van der Waals surface area (Å²) in [6.07, 6.45) is -0.728. The van der Waals surface area contributed by atoms with Gasteiger partial charge in [0, 0.05) is 11.5 Å². The predicted molar refractivity (Wildman–Crippen MR) is 116 cm³/mol. The molecule has 162 valence electrons. The van der Waals surface area contributed by atoms with Crippen molar-refractivity contribution in [3.63, 3.8) is 0 Å². The van der Waals surface area contributed by atoms with Crippen LogP contribution in [0.2, 0.25) is 5.02 Å². The first-order valence-corrected chi connectivity index (χ1v) is 10.1. The maximum Gasteiger partial charge on any atom is 0.408 e. The van der Waals surface area contributed by atoms with E-state index in [9.17, 15) is 14.4 Å². The lowest BCUT2D eigenvalue weighted by Gasteiger charge is -2.20. The van der Waals surface area contributed by atoms with Crippen LogP contribution in [0.1, 0.15) is 25.0 Å². The Bertz CT molecular complexity index is 1160. The van der Waals surface area contributed by atoms with Crippen LogP contribution < -0.4 is 15.7 Å². The second-order valence-electron chi connectivity index (χ2n) is 7.34. The summed E-state index contributed by atoms with van der Waals surface area (Å²) in [6, 6.07) is 12.9. The average Bonchev–Trinajstić information content (AvgIpc) is 2.74. The van der Waals surface area contributed by atoms with Gasteiger partial charge in [-0.15, -0.1) is 0 Å². The fourth-order valence-corrected chi connectivity index (χ4v) is 3.09. The average molecular weight is 444 g/mol. The molecule has 1 N–H and O–H groups in total. The van der Waals surface area contributed by atoms with Gasteiger partial charge in [0.15, 0.2) is 0 Å². The number of hydrogen-bond acceptors (Lipinski definition) is 6. The minimum atomic E-state index is -0.932. The number of ether oxygens (including phenoxy) is 2. The molecule has 0 bridgehead atoms. The molecule has 0 fully saturated rings. The number of fused-ring (bicyclic) bond motifs is 1. The SMILES string of the molecule is Cc1c(Cl)c(=O)oc2cc(OC(=O)C(NC(=O)OCc3ccccc3)C(C)C)ccc12. The number of amides is 1. The topological polar surface area (TPSA) is 94.8 Å². The summed E-state index contributed by atoms with van der Waals surface area (Å²) in [6.45, 7) is 5.33. The van der Waals surface area contributed by atoms with Crippen LogP contribution in [-0.4, -0.2) is 18.1 Å². The Hall–Kier alpha value is -3.32. The Morgan fingerprint density at radius 1 is 1.13 bits per heavy atom. The molecule has 2 aromatic carbocycles. The van der Waals surface area contributed by atoms with Gasteiger partial charge in [-0.05, 0) is 36.1 Å². The molecule has 0 aliphatic rings. The van der Waals surface area contributed by atoms with Crippen molar-refractivity contribution in [3.05, 3.63) is 75.1 Å². The van der Waals surface area contributed by atoms with E-state index in [2.05, 4.69) is 5.32 Å². The molecule has 1 atom stereocenters. The molecule has 1 heterocycles. The minimum absolute atomic E-state index is 0.00957. The van der Waals surface area contributed by atoms with Crippen LogP contribution in [0.4, 0.5) is 4.79 Å². The number of benzene rings is 2. The van der Waals surface area contributed by atoms with Gasteiger partial charge < -0.3 is 19.2 Å². The van der Waals surface area contributed by atoms with E-state index in [4.69, 9.17) is 25.5 Å². The van der Waals surface area contributed by atoms with Gasteiger partial charge in [0.05, 0.1) is 0 Å². The first-order valence-electron chi connectivity index (χ1n) is 9.68. The van der Waals surface area contributed by atoms with Crippen molar-refractivity contribution in [3.8, 4) is 5.75 Å². The Balaban J connectivity index is 1.69. The molecular formula is C23H22ClNO6. The Labute approximate surface area is 183 Å². The van der Waals surface area contributed by atoms with Crippen LogP contribution in [0.5, 0.6) is 5.75 Å². The number of nitrogens with one attached hydrogen (secondary N) is 1. The van der Waals surface area contributed by atoms with Crippen molar-refractivity contribution in [2.75, 3.05) is 0 Å². The quantitative estimate of drug-likeness (QED) is 0.339. The Morgan fingerprint density at radius 2 is 1.84 bits per heavy atom. The van der Waals surface area contributed by atoms with Gasteiger partial charge in [-0.3, -0.25) is 0 Å². The van der Waals surface area contributed by atoms with Gasteiger partial charge >= 0.3 is 17.7 Å². The molecule has 0 saturated heterocycles. The van der Waals surface area contributed by atoms with Crippen LogP contribution in [0.25, 0.3) is 11.0 Å². The standard InChI is InChI=1S/C23H22ClNO6/c1-13(2)20(25-23(28)29-12-15-7-5-4-6-8-15)22(27)30-16-9-10-17-14(3)19(24)21(26)31-18(17)11-16/h4-11,13,20H,12H2,1-3H3,(H,25,28). The summed E-state index contributed by atoms with van der Waals surface area (Å²) < 4.78 is 15.8. The minimum Gasteiger partial charge on any atom is -0.445 e. The van der Waals surface area contributed by atoms with Crippen LogP contribution >= 0.6 is 11.6 Å². The maximum atomic E-state index is 12.7. The number of alkyl carbamates (subject to hydrolysis) is 1. The fourth-order valence-electron chi connectivity index (χ4n) is 2.95. The third-order valence-corrected chi connectivity index (χ3v) is 5.13. The molecule has 7 nitrogen and oxygen atoms in total. The van der Waals surface area contributed by atoms with Gasteiger partial charge in [-0.2, -0.15) is 0 Å². The molecule has 3 rings (SSSR count). The molecule has 1 aromatic heterocycles. The van der Waals surface area contributed by atoms with Crippen molar-refractivity contribution in [2.24, 2.45) is 5.92 Å². The largest absolute Gasteiger partial charge is 0.445 e. The highest BCUT2D eigenvalue weighted by Crippen LogP contribution is 2.26. The van der Waals surface area contributed by atoms with E-state index in [1.807, 2.05) is 30.3 Å². The van der Waals surface area contributed by atoms with E-state index in [1.165, 1.54) is 6.07 Å². The van der Waals surface area contributed by atoms with Crippen molar-refractivity contribution in [1.82, 2.24) is 5.32 Å². The fraction of sp³-hybridized carbons (Fsp3) is 0.261. The van der Waals surface area contributed by atoms with Crippen LogP contribution in [0.15, 0.2) is 57.7 Å². The highest BCUT2D eigenvalue weighted by atomic mass is 35.5. The summed E-state index contributed by atoms with van der Waals surface area (Å²) in [5.74, 6) is -0.747. The number of halogens is 1. The molecule has 1 unspecified atom stereocenters. The van der Waals surface area contributed by atoms with Gasteiger partial charge in [0.25, 0.3) is 0 Å². The third-order valence-electron chi connectivity index (χ3n) is 4.69. The first kappa shape index (κ1) is 22.4. The summed E-state index contributed by atoms with van der Waals surface area (Å²) in [5.41, 5.74) is 0.981. The smallest absolute Gasteiger partial charge is 0.408 e. The number of rotatable bonds is 6. The Kier molecular flexibility index (Phi) is 6.97. The summed E-state index contributed by atoms with van der Waals surface area (Å²) in [4.78, 5) is 36.7. The molecule has 8 heteroatoms. The predicted octanol–water partition coefficient (Wildman–Crippen LogP) is 4.61. The summed E-state index contributed by atoms with van der Waals surface area (Å²) in [7, 11) is 0. The first-order chi connectivity index (χ1) is 14.8. The normalized spacial score (nSPS) is 11.9. The summed E-state index contributed by atoms with van der Waals surface area (Å²) >= 11 is 5.93. The lowest BCUT2D eigenvalue weighted by Crippen LogP contribution is -2.46. The van der Waals surface area contributed by atoms with E-state index in [0.717, 1.165) is 5.56 Å². The maximum absolute atomic E-state index is 12.7. The zero-order chi connectivity index (χ0) is 22.5. The lowest BCUT2D eigenvalue weighted by molar-refractivity contribution is -0.137. The number of esters is 1. The van der Waals surface area contributed by atoms with E-state index >= 15 is 0 Å². The van der Waals surface area contributed by atoms with E-state index in [-0.39, 0.29) is 28.9 Å². The van der Waals surface area contributed by atoms with Crippen molar-refractivity contribution < 1.29 is 23.5 Å². The highest BCUT2D eigenvalue weighted by molar-refractivity contribution is 6.31. The Morgan fingerprint density at radius 3 is 2.52 bits per heavy atom. The third kappa shape index (κ3) is 5.44. The molecular weight excluding hydrogens is 422 g/mol. The van der Waals surface area contributed by atoms with Crippen LogP contribution in [0, 0.1) is 12.8 Å². The van der Waals surface area contributed by atoms with E-state index < -0.39 is 23.7 Å². The van der Waals surface area contributed by atoms with Gasteiger partial charge in [-0.1, -0.05) is 55.8 Å². The zero-order valence-electron chi connectivity index (χ0n) is 17.3. The van der Waals surface area contributed by atoms with Crippen molar-refractivity contribution in [2.45, 2.75) is 33.4 Å².